The molecule has 2 rings (SSSR count). The van der Waals surface area contributed by atoms with Gasteiger partial charge in [0.25, 0.3) is 0 Å². The second-order valence-corrected chi connectivity index (χ2v) is 4.78. The van der Waals surface area contributed by atoms with Crippen molar-refractivity contribution in [3.63, 3.8) is 0 Å². The predicted octanol–water partition coefficient (Wildman–Crippen LogP) is 4.87. The summed E-state index contributed by atoms with van der Waals surface area (Å²) in [6.07, 6.45) is 0.877. The van der Waals surface area contributed by atoms with Crippen molar-refractivity contribution < 1.29 is 0 Å². The molecule has 1 nitrogen and oxygen atoms in total. The van der Waals surface area contributed by atoms with E-state index in [1.165, 1.54) is 0 Å². The van der Waals surface area contributed by atoms with E-state index >= 15 is 0 Å². The predicted molar refractivity (Wildman–Crippen MR) is 68.8 cm³/mol. The number of halogens is 3. The molecule has 1 aromatic heterocycles. The zero-order valence-electron chi connectivity index (χ0n) is 8.02. The topological polar surface area (TPSA) is 12.9 Å². The quantitative estimate of drug-likeness (QED) is 0.685. The van der Waals surface area contributed by atoms with Crippen LogP contribution in [0.25, 0.3) is 10.9 Å². The van der Waals surface area contributed by atoms with Gasteiger partial charge in [0.1, 0.15) is 5.15 Å². The van der Waals surface area contributed by atoms with Gasteiger partial charge in [-0.05, 0) is 40.0 Å². The molecule has 0 aliphatic heterocycles. The van der Waals surface area contributed by atoms with Crippen LogP contribution in [0.15, 0.2) is 22.7 Å². The van der Waals surface area contributed by atoms with Crippen molar-refractivity contribution in [2.75, 3.05) is 0 Å². The third-order valence-electron chi connectivity index (χ3n) is 2.29. The first-order valence-electron chi connectivity index (χ1n) is 4.56. The number of fused-ring (bicyclic) bond motifs is 1. The number of benzene rings is 1. The van der Waals surface area contributed by atoms with Crippen LogP contribution in [0.2, 0.25) is 10.2 Å². The first-order chi connectivity index (χ1) is 7.13. The van der Waals surface area contributed by atoms with E-state index < -0.39 is 0 Å². The minimum absolute atomic E-state index is 0.549. The van der Waals surface area contributed by atoms with Crippen molar-refractivity contribution in [1.82, 2.24) is 4.98 Å². The van der Waals surface area contributed by atoms with Crippen LogP contribution in [-0.4, -0.2) is 4.98 Å². The van der Waals surface area contributed by atoms with E-state index in [4.69, 9.17) is 23.2 Å². The maximum atomic E-state index is 6.05. The van der Waals surface area contributed by atoms with Crippen molar-refractivity contribution in [2.45, 2.75) is 13.3 Å². The molecule has 15 heavy (non-hydrogen) atoms. The van der Waals surface area contributed by atoms with Gasteiger partial charge in [0.15, 0.2) is 0 Å². The zero-order valence-corrected chi connectivity index (χ0v) is 11.1. The fourth-order valence-corrected chi connectivity index (χ4v) is 2.33. The molecule has 78 valence electrons. The summed E-state index contributed by atoms with van der Waals surface area (Å²) in [6.45, 7) is 2.06. The Morgan fingerprint density at radius 2 is 2.07 bits per heavy atom. The van der Waals surface area contributed by atoms with Gasteiger partial charge in [-0.3, -0.25) is 0 Å². The van der Waals surface area contributed by atoms with Gasteiger partial charge in [0.05, 0.1) is 15.0 Å². The van der Waals surface area contributed by atoms with Crippen LogP contribution in [0.5, 0.6) is 0 Å². The van der Waals surface area contributed by atoms with E-state index in [-0.39, 0.29) is 0 Å². The lowest BCUT2D eigenvalue weighted by Gasteiger charge is -2.06. The zero-order chi connectivity index (χ0) is 11.0. The number of hydrogen-bond donors (Lipinski definition) is 0. The summed E-state index contributed by atoms with van der Waals surface area (Å²) in [5.41, 5.74) is 1.86. The minimum atomic E-state index is 0.549. The molecule has 0 atom stereocenters. The van der Waals surface area contributed by atoms with Crippen LogP contribution in [0.3, 0.4) is 0 Å². The molecule has 0 saturated heterocycles. The molecule has 0 radical (unpaired) electrons. The minimum Gasteiger partial charge on any atom is -0.235 e. The largest absolute Gasteiger partial charge is 0.235 e. The second-order valence-electron chi connectivity index (χ2n) is 3.22. The van der Waals surface area contributed by atoms with E-state index in [0.29, 0.717) is 10.2 Å². The highest BCUT2D eigenvalue weighted by Crippen LogP contribution is 2.32. The highest BCUT2D eigenvalue weighted by Gasteiger charge is 2.08. The Labute approximate surface area is 107 Å². The van der Waals surface area contributed by atoms with E-state index in [9.17, 15) is 0 Å². The highest BCUT2D eigenvalue weighted by molar-refractivity contribution is 9.10. The summed E-state index contributed by atoms with van der Waals surface area (Å²) in [5.74, 6) is 0. The van der Waals surface area contributed by atoms with Gasteiger partial charge < -0.3 is 0 Å². The fraction of sp³-hybridized carbons (Fsp3) is 0.182. The molecular formula is C11H8BrCl2N. The number of hydrogen-bond acceptors (Lipinski definition) is 1. The molecule has 0 bridgehead atoms. The molecule has 0 saturated carbocycles. The molecule has 0 amide bonds. The van der Waals surface area contributed by atoms with Crippen LogP contribution in [-0.2, 0) is 6.42 Å². The van der Waals surface area contributed by atoms with Crippen molar-refractivity contribution >= 4 is 50.0 Å². The lowest BCUT2D eigenvalue weighted by atomic mass is 10.1. The lowest BCUT2D eigenvalue weighted by molar-refractivity contribution is 1.12. The Kier molecular flexibility index (Phi) is 3.19. The van der Waals surface area contributed by atoms with E-state index in [1.54, 1.807) is 0 Å². The van der Waals surface area contributed by atoms with Crippen LogP contribution < -0.4 is 0 Å². The molecule has 0 aliphatic carbocycles. The van der Waals surface area contributed by atoms with Crippen LogP contribution >= 0.6 is 39.1 Å². The lowest BCUT2D eigenvalue weighted by Crippen LogP contribution is -1.89. The number of pyridine rings is 1. The molecule has 0 unspecified atom stereocenters. The second kappa shape index (κ2) is 4.28. The third kappa shape index (κ3) is 1.99. The summed E-state index contributed by atoms with van der Waals surface area (Å²) in [7, 11) is 0. The molecule has 0 N–H and O–H groups in total. The Morgan fingerprint density at radius 1 is 1.33 bits per heavy atom. The molecule has 1 heterocycles. The summed E-state index contributed by atoms with van der Waals surface area (Å²) < 4.78 is 0.797. The molecule has 0 fully saturated rings. The average Bonchev–Trinajstić information content (AvgIpc) is 2.24. The molecule has 0 spiro atoms. The smallest absolute Gasteiger partial charge is 0.133 e. The van der Waals surface area contributed by atoms with Gasteiger partial charge >= 0.3 is 0 Å². The monoisotopic (exact) mass is 303 g/mol. The molecule has 1 aromatic carbocycles. The van der Waals surface area contributed by atoms with E-state index in [1.807, 2.05) is 18.2 Å². The first-order valence-corrected chi connectivity index (χ1v) is 6.11. The van der Waals surface area contributed by atoms with Crippen LogP contribution in [0.1, 0.15) is 12.5 Å². The highest BCUT2D eigenvalue weighted by atomic mass is 79.9. The Bertz CT molecular complexity index is 525. The Hall–Kier alpha value is -0.310. The van der Waals surface area contributed by atoms with Gasteiger partial charge in [0.2, 0.25) is 0 Å². The molecule has 0 aliphatic rings. The van der Waals surface area contributed by atoms with Crippen molar-refractivity contribution in [2.24, 2.45) is 0 Å². The van der Waals surface area contributed by atoms with Crippen molar-refractivity contribution in [3.8, 4) is 0 Å². The number of nitrogens with zero attached hydrogens (tertiary/aromatic N) is 1. The van der Waals surface area contributed by atoms with Gasteiger partial charge in [-0.15, -0.1) is 0 Å². The Morgan fingerprint density at radius 3 is 2.73 bits per heavy atom. The van der Waals surface area contributed by atoms with E-state index in [2.05, 4.69) is 27.8 Å². The third-order valence-corrected chi connectivity index (χ3v) is 3.96. The summed E-state index contributed by atoms with van der Waals surface area (Å²) >= 11 is 15.4. The normalized spacial score (nSPS) is 10.9. The van der Waals surface area contributed by atoms with Crippen molar-refractivity contribution in [3.05, 3.63) is 38.4 Å². The van der Waals surface area contributed by atoms with Gasteiger partial charge in [-0.2, -0.15) is 0 Å². The fourth-order valence-electron chi connectivity index (χ4n) is 1.45. The summed E-state index contributed by atoms with van der Waals surface area (Å²) in [4.78, 5) is 4.34. The van der Waals surface area contributed by atoms with E-state index in [0.717, 1.165) is 27.4 Å². The average molecular weight is 305 g/mol. The standard InChI is InChI=1S/C11H8BrCl2N/c1-2-6-5-7-3-4-8(13)9(12)10(7)15-11(6)14/h3-5H,2H2,1H3. The van der Waals surface area contributed by atoms with Gasteiger partial charge in [0, 0.05) is 5.39 Å². The SMILES string of the molecule is CCc1cc2ccc(Cl)c(Br)c2nc1Cl. The molecular weight excluding hydrogens is 297 g/mol. The maximum Gasteiger partial charge on any atom is 0.133 e. The first kappa shape index (κ1) is 11.2. The number of aryl methyl sites for hydroxylation is 1. The van der Waals surface area contributed by atoms with Crippen molar-refractivity contribution in [1.29, 1.82) is 0 Å². The maximum absolute atomic E-state index is 6.05. The Balaban J connectivity index is 2.81. The molecule has 2 aromatic rings. The molecule has 4 heteroatoms. The van der Waals surface area contributed by atoms with Gasteiger partial charge in [-0.1, -0.05) is 36.2 Å². The van der Waals surface area contributed by atoms with Crippen LogP contribution in [0, 0.1) is 0 Å². The summed E-state index contributed by atoms with van der Waals surface area (Å²) in [6, 6.07) is 5.85. The number of rotatable bonds is 1. The number of aromatic nitrogens is 1. The van der Waals surface area contributed by atoms with Crippen LogP contribution in [0.4, 0.5) is 0 Å². The summed E-state index contributed by atoms with van der Waals surface area (Å²) in [5, 5.41) is 2.25. The van der Waals surface area contributed by atoms with Gasteiger partial charge in [-0.25, -0.2) is 4.98 Å².